The molecule has 2 aromatic rings. The summed E-state index contributed by atoms with van der Waals surface area (Å²) < 4.78 is 0. The van der Waals surface area contributed by atoms with Gasteiger partial charge in [-0.3, -0.25) is 9.69 Å². The average Bonchev–Trinajstić information content (AvgIpc) is 2.63. The average molecular weight is 323 g/mol. The summed E-state index contributed by atoms with van der Waals surface area (Å²) in [7, 11) is 0. The van der Waals surface area contributed by atoms with Crippen LogP contribution in [0.25, 0.3) is 5.57 Å². The predicted octanol–water partition coefficient (Wildman–Crippen LogP) is 3.09. The second-order valence-corrected chi connectivity index (χ2v) is 5.98. The van der Waals surface area contributed by atoms with Gasteiger partial charge in [0.05, 0.1) is 6.61 Å². The highest BCUT2D eigenvalue weighted by atomic mass is 16.4. The van der Waals surface area contributed by atoms with Crippen LogP contribution >= 0.6 is 0 Å². The molecule has 1 aliphatic heterocycles. The SMILES string of the molecule is O=C(O)C(c1ccc(CO)cc1)N1CC=C(c2ccccc2)CC1. The molecule has 0 bridgehead atoms. The molecule has 4 heteroatoms. The number of carbonyl (C=O) groups is 1. The minimum atomic E-state index is -0.844. The van der Waals surface area contributed by atoms with E-state index in [1.54, 1.807) is 24.3 Å². The second-order valence-electron chi connectivity index (χ2n) is 5.98. The smallest absolute Gasteiger partial charge is 0.325 e. The van der Waals surface area contributed by atoms with Crippen LogP contribution in [0, 0.1) is 0 Å². The molecule has 1 unspecified atom stereocenters. The van der Waals surface area contributed by atoms with Crippen molar-refractivity contribution in [3.8, 4) is 0 Å². The molecule has 1 atom stereocenters. The molecule has 0 saturated carbocycles. The number of hydrogen-bond acceptors (Lipinski definition) is 3. The first-order valence-corrected chi connectivity index (χ1v) is 8.10. The standard InChI is InChI=1S/C20H21NO3/c22-14-15-6-8-18(9-7-15)19(20(23)24)21-12-10-17(11-13-21)16-4-2-1-3-5-16/h1-10,19,22H,11-14H2,(H,23,24). The van der Waals surface area contributed by atoms with Crippen LogP contribution in [0.15, 0.2) is 60.7 Å². The van der Waals surface area contributed by atoms with E-state index in [2.05, 4.69) is 18.2 Å². The van der Waals surface area contributed by atoms with Gasteiger partial charge >= 0.3 is 5.97 Å². The van der Waals surface area contributed by atoms with Crippen LogP contribution in [0.4, 0.5) is 0 Å². The van der Waals surface area contributed by atoms with E-state index in [1.807, 2.05) is 23.1 Å². The van der Waals surface area contributed by atoms with Crippen LogP contribution in [-0.4, -0.2) is 34.2 Å². The van der Waals surface area contributed by atoms with E-state index in [0.717, 1.165) is 17.5 Å². The van der Waals surface area contributed by atoms with Crippen molar-refractivity contribution in [2.45, 2.75) is 19.1 Å². The van der Waals surface area contributed by atoms with Crippen molar-refractivity contribution in [1.82, 2.24) is 4.90 Å². The lowest BCUT2D eigenvalue weighted by Crippen LogP contribution is -2.37. The molecule has 0 saturated heterocycles. The Bertz CT molecular complexity index is 722. The molecule has 4 nitrogen and oxygen atoms in total. The maximum absolute atomic E-state index is 11.8. The van der Waals surface area contributed by atoms with Crippen molar-refractivity contribution in [3.05, 3.63) is 77.4 Å². The fraction of sp³-hybridized carbons (Fsp3) is 0.250. The fourth-order valence-electron chi connectivity index (χ4n) is 3.15. The molecule has 1 heterocycles. The van der Waals surface area contributed by atoms with Gasteiger partial charge in [-0.1, -0.05) is 60.7 Å². The lowest BCUT2D eigenvalue weighted by molar-refractivity contribution is -0.143. The summed E-state index contributed by atoms with van der Waals surface area (Å²) in [5.74, 6) is -0.844. The Balaban J connectivity index is 1.78. The van der Waals surface area contributed by atoms with Crippen LogP contribution in [0.3, 0.4) is 0 Å². The van der Waals surface area contributed by atoms with Crippen LogP contribution in [-0.2, 0) is 11.4 Å². The van der Waals surface area contributed by atoms with E-state index in [1.165, 1.54) is 11.1 Å². The first-order chi connectivity index (χ1) is 11.7. The van der Waals surface area contributed by atoms with Gasteiger partial charge in [-0.25, -0.2) is 0 Å². The Morgan fingerprint density at radius 1 is 1.08 bits per heavy atom. The minimum Gasteiger partial charge on any atom is -0.480 e. The zero-order valence-corrected chi connectivity index (χ0v) is 13.4. The lowest BCUT2D eigenvalue weighted by Gasteiger charge is -2.32. The third kappa shape index (κ3) is 3.55. The number of rotatable bonds is 5. The molecule has 2 N–H and O–H groups in total. The molecule has 2 aromatic carbocycles. The Kier molecular flexibility index (Phi) is 5.08. The highest BCUT2D eigenvalue weighted by molar-refractivity contribution is 5.76. The van der Waals surface area contributed by atoms with Crippen molar-refractivity contribution in [2.24, 2.45) is 0 Å². The molecule has 0 aromatic heterocycles. The molecular weight excluding hydrogens is 302 g/mol. The van der Waals surface area contributed by atoms with Crippen molar-refractivity contribution in [3.63, 3.8) is 0 Å². The number of aliphatic hydroxyl groups excluding tert-OH is 1. The van der Waals surface area contributed by atoms with Gasteiger partial charge in [0.25, 0.3) is 0 Å². The monoisotopic (exact) mass is 323 g/mol. The fourth-order valence-corrected chi connectivity index (χ4v) is 3.15. The van der Waals surface area contributed by atoms with E-state index in [0.29, 0.717) is 13.1 Å². The summed E-state index contributed by atoms with van der Waals surface area (Å²) in [5.41, 5.74) is 4.01. The zero-order chi connectivity index (χ0) is 16.9. The Labute approximate surface area is 141 Å². The van der Waals surface area contributed by atoms with E-state index < -0.39 is 12.0 Å². The molecule has 24 heavy (non-hydrogen) atoms. The molecule has 0 amide bonds. The normalized spacial score (nSPS) is 16.5. The molecule has 0 fully saturated rings. The third-order valence-electron chi connectivity index (χ3n) is 4.46. The molecule has 1 aliphatic rings. The maximum Gasteiger partial charge on any atom is 0.325 e. The molecule has 3 rings (SSSR count). The number of aliphatic carboxylic acids is 1. The minimum absolute atomic E-state index is 0.0368. The van der Waals surface area contributed by atoms with E-state index in [9.17, 15) is 9.90 Å². The van der Waals surface area contributed by atoms with Gasteiger partial charge in [-0.2, -0.15) is 0 Å². The molecule has 0 spiro atoms. The first kappa shape index (κ1) is 16.4. The highest BCUT2D eigenvalue weighted by Crippen LogP contribution is 2.28. The summed E-state index contributed by atoms with van der Waals surface area (Å²) in [6.45, 7) is 1.29. The Hall–Kier alpha value is -2.43. The van der Waals surface area contributed by atoms with Gasteiger partial charge in [-0.15, -0.1) is 0 Å². The van der Waals surface area contributed by atoms with Crippen LogP contribution in [0.1, 0.15) is 29.2 Å². The highest BCUT2D eigenvalue weighted by Gasteiger charge is 2.28. The van der Waals surface area contributed by atoms with E-state index in [-0.39, 0.29) is 6.61 Å². The third-order valence-corrected chi connectivity index (χ3v) is 4.46. The van der Waals surface area contributed by atoms with E-state index >= 15 is 0 Å². The van der Waals surface area contributed by atoms with Gasteiger partial charge in [0.1, 0.15) is 6.04 Å². The number of nitrogens with zero attached hydrogens (tertiary/aromatic N) is 1. The van der Waals surface area contributed by atoms with Crippen LogP contribution < -0.4 is 0 Å². The number of hydrogen-bond donors (Lipinski definition) is 2. The van der Waals surface area contributed by atoms with Crippen molar-refractivity contribution < 1.29 is 15.0 Å². The lowest BCUT2D eigenvalue weighted by atomic mass is 9.96. The number of carboxylic acid groups (broad SMARTS) is 1. The zero-order valence-electron chi connectivity index (χ0n) is 13.4. The van der Waals surface area contributed by atoms with E-state index in [4.69, 9.17) is 5.11 Å². The summed E-state index contributed by atoms with van der Waals surface area (Å²) in [6, 6.07) is 16.7. The van der Waals surface area contributed by atoms with Gasteiger partial charge in [0.15, 0.2) is 0 Å². The van der Waals surface area contributed by atoms with Gasteiger partial charge in [0.2, 0.25) is 0 Å². The summed E-state index contributed by atoms with van der Waals surface area (Å²) in [6.07, 6.45) is 2.96. The van der Waals surface area contributed by atoms with Crippen molar-refractivity contribution in [1.29, 1.82) is 0 Å². The summed E-state index contributed by atoms with van der Waals surface area (Å²) >= 11 is 0. The first-order valence-electron chi connectivity index (χ1n) is 8.10. The number of carboxylic acids is 1. The summed E-state index contributed by atoms with van der Waals surface area (Å²) in [4.78, 5) is 13.8. The van der Waals surface area contributed by atoms with Gasteiger partial charge in [-0.05, 0) is 28.7 Å². The summed E-state index contributed by atoms with van der Waals surface area (Å²) in [5, 5.41) is 18.8. The largest absolute Gasteiger partial charge is 0.480 e. The number of aliphatic hydroxyl groups is 1. The number of benzene rings is 2. The predicted molar refractivity (Wildman–Crippen MR) is 93.4 cm³/mol. The van der Waals surface area contributed by atoms with Crippen molar-refractivity contribution in [2.75, 3.05) is 13.1 Å². The molecule has 0 radical (unpaired) electrons. The Morgan fingerprint density at radius 3 is 2.33 bits per heavy atom. The van der Waals surface area contributed by atoms with Crippen molar-refractivity contribution >= 4 is 11.5 Å². The second kappa shape index (κ2) is 7.43. The topological polar surface area (TPSA) is 60.8 Å². The Morgan fingerprint density at radius 2 is 1.79 bits per heavy atom. The van der Waals surface area contributed by atoms with Crippen LogP contribution in [0.5, 0.6) is 0 Å². The molecule has 124 valence electrons. The van der Waals surface area contributed by atoms with Gasteiger partial charge in [0, 0.05) is 13.1 Å². The molecular formula is C20H21NO3. The van der Waals surface area contributed by atoms with Crippen LogP contribution in [0.2, 0.25) is 0 Å². The van der Waals surface area contributed by atoms with Gasteiger partial charge < -0.3 is 10.2 Å². The maximum atomic E-state index is 11.8. The quantitative estimate of drug-likeness (QED) is 0.888. The molecule has 0 aliphatic carbocycles.